The second-order valence-corrected chi connectivity index (χ2v) is 10.5. The maximum atomic E-state index is 12.9. The number of aromatic nitrogens is 3. The molecular formula is C21H27N5O3S. The Morgan fingerprint density at radius 1 is 1.27 bits per heavy atom. The molecule has 0 unspecified atom stereocenters. The maximum absolute atomic E-state index is 12.9. The summed E-state index contributed by atoms with van der Waals surface area (Å²) in [6.07, 6.45) is 6.28. The molecule has 1 saturated carbocycles. The van der Waals surface area contributed by atoms with Crippen LogP contribution in [0.3, 0.4) is 0 Å². The maximum Gasteiger partial charge on any atom is 0.239 e. The molecule has 30 heavy (non-hydrogen) atoms. The Labute approximate surface area is 177 Å². The lowest BCUT2D eigenvalue weighted by Crippen LogP contribution is -2.47. The minimum Gasteiger partial charge on any atom is -0.338 e. The summed E-state index contributed by atoms with van der Waals surface area (Å²) in [7, 11) is -1.25. The molecule has 2 fully saturated rings. The van der Waals surface area contributed by atoms with Gasteiger partial charge in [-0.15, -0.1) is 0 Å². The van der Waals surface area contributed by atoms with Crippen LogP contribution >= 0.6 is 0 Å². The third-order valence-corrected chi connectivity index (χ3v) is 7.39. The topological polar surface area (TPSA) is 105 Å². The van der Waals surface area contributed by atoms with Gasteiger partial charge in [-0.3, -0.25) is 9.78 Å². The number of hydrogen-bond donors (Lipinski definition) is 1. The molecule has 0 radical (unpaired) electrons. The van der Waals surface area contributed by atoms with E-state index in [1.165, 1.54) is 0 Å². The normalized spacial score (nSPS) is 21.3. The van der Waals surface area contributed by atoms with Crippen molar-refractivity contribution in [3.8, 4) is 11.3 Å². The van der Waals surface area contributed by atoms with E-state index in [4.69, 9.17) is 4.98 Å². The average molecular weight is 430 g/mol. The van der Waals surface area contributed by atoms with Crippen LogP contribution < -0.4 is 5.32 Å². The van der Waals surface area contributed by atoms with E-state index in [9.17, 15) is 13.2 Å². The molecule has 1 N–H and O–H groups in total. The number of rotatable bonds is 7. The lowest BCUT2D eigenvalue weighted by Gasteiger charge is -2.24. The Kier molecular flexibility index (Phi) is 5.84. The summed E-state index contributed by atoms with van der Waals surface area (Å²) in [5.74, 6) is 1.41. The molecule has 160 valence electrons. The van der Waals surface area contributed by atoms with Gasteiger partial charge in [0, 0.05) is 37.0 Å². The van der Waals surface area contributed by atoms with Gasteiger partial charge in [-0.2, -0.15) is 0 Å². The zero-order valence-electron chi connectivity index (χ0n) is 17.3. The van der Waals surface area contributed by atoms with Crippen LogP contribution in [0.15, 0.2) is 30.6 Å². The lowest BCUT2D eigenvalue weighted by atomic mass is 10.1. The minimum atomic E-state index is -2.99. The highest BCUT2D eigenvalue weighted by Gasteiger charge is 2.31. The van der Waals surface area contributed by atoms with Crippen LogP contribution in [0.4, 0.5) is 0 Å². The predicted molar refractivity (Wildman–Crippen MR) is 113 cm³/mol. The number of amides is 1. The van der Waals surface area contributed by atoms with Gasteiger partial charge < -0.3 is 10.2 Å². The Morgan fingerprint density at radius 3 is 2.70 bits per heavy atom. The highest BCUT2D eigenvalue weighted by Crippen LogP contribution is 2.38. The lowest BCUT2D eigenvalue weighted by molar-refractivity contribution is -0.132. The van der Waals surface area contributed by atoms with Gasteiger partial charge in [-0.25, -0.2) is 18.4 Å². The average Bonchev–Trinajstić information content (AvgIpc) is 3.52. The van der Waals surface area contributed by atoms with E-state index >= 15 is 0 Å². The monoisotopic (exact) mass is 429 g/mol. The fraction of sp³-hybridized carbons (Fsp3) is 0.524. The van der Waals surface area contributed by atoms with Crippen molar-refractivity contribution in [1.29, 1.82) is 0 Å². The summed E-state index contributed by atoms with van der Waals surface area (Å²) < 4.78 is 23.4. The quantitative estimate of drug-likeness (QED) is 0.712. The smallest absolute Gasteiger partial charge is 0.239 e. The molecule has 1 aliphatic carbocycles. The zero-order valence-corrected chi connectivity index (χ0v) is 18.1. The number of hydrogen-bond acceptors (Lipinski definition) is 7. The molecule has 2 aromatic heterocycles. The molecule has 3 heterocycles. The molecule has 2 atom stereocenters. The van der Waals surface area contributed by atoms with E-state index in [1.54, 1.807) is 25.1 Å². The Balaban J connectivity index is 1.49. The number of likely N-dealkylation sites (N-methyl/N-ethyl adjacent to an activating group) is 1. The molecular weight excluding hydrogens is 402 g/mol. The fourth-order valence-corrected chi connectivity index (χ4v) is 5.50. The summed E-state index contributed by atoms with van der Waals surface area (Å²) in [6.45, 7) is 2.11. The van der Waals surface area contributed by atoms with E-state index in [2.05, 4.69) is 15.3 Å². The van der Waals surface area contributed by atoms with Crippen molar-refractivity contribution in [2.75, 3.05) is 18.6 Å². The largest absolute Gasteiger partial charge is 0.338 e. The molecule has 8 nitrogen and oxygen atoms in total. The van der Waals surface area contributed by atoms with Crippen molar-refractivity contribution < 1.29 is 13.2 Å². The van der Waals surface area contributed by atoms with Crippen molar-refractivity contribution >= 4 is 15.7 Å². The molecule has 1 amide bonds. The zero-order chi connectivity index (χ0) is 21.3. The molecule has 0 spiro atoms. The number of nitrogens with zero attached hydrogens (tertiary/aromatic N) is 4. The van der Waals surface area contributed by atoms with Gasteiger partial charge in [0.15, 0.2) is 9.84 Å². The molecule has 9 heteroatoms. The number of pyridine rings is 1. The van der Waals surface area contributed by atoms with Gasteiger partial charge in [-0.1, -0.05) is 6.07 Å². The van der Waals surface area contributed by atoms with Crippen LogP contribution in [0, 0.1) is 0 Å². The summed E-state index contributed by atoms with van der Waals surface area (Å²) >= 11 is 0. The van der Waals surface area contributed by atoms with E-state index in [0.717, 1.165) is 35.6 Å². The SMILES string of the molecule is C[C@@H](N[C@@H]1CCS(=O)(=O)C1)C(=O)N(C)Cc1nc(C2CC2)ncc1-c1ccccn1. The Bertz CT molecular complexity index is 1020. The van der Waals surface area contributed by atoms with Crippen molar-refractivity contribution in [1.82, 2.24) is 25.2 Å². The first-order valence-electron chi connectivity index (χ1n) is 10.3. The van der Waals surface area contributed by atoms with Gasteiger partial charge in [-0.05, 0) is 38.3 Å². The van der Waals surface area contributed by atoms with E-state index in [0.29, 0.717) is 18.9 Å². The first-order valence-corrected chi connectivity index (χ1v) is 12.1. The van der Waals surface area contributed by atoms with Crippen molar-refractivity contribution in [3.05, 3.63) is 42.1 Å². The van der Waals surface area contributed by atoms with Gasteiger partial charge in [0.1, 0.15) is 5.82 Å². The van der Waals surface area contributed by atoms with Gasteiger partial charge in [0.25, 0.3) is 0 Å². The molecule has 2 aromatic rings. The number of carbonyl (C=O) groups is 1. The second kappa shape index (κ2) is 8.39. The van der Waals surface area contributed by atoms with E-state index in [-0.39, 0.29) is 23.5 Å². The van der Waals surface area contributed by atoms with Crippen LogP contribution in [-0.2, 0) is 21.2 Å². The predicted octanol–water partition coefficient (Wildman–Crippen LogP) is 1.54. The molecule has 0 bridgehead atoms. The van der Waals surface area contributed by atoms with E-state index < -0.39 is 15.9 Å². The van der Waals surface area contributed by atoms with E-state index in [1.807, 2.05) is 24.4 Å². The third kappa shape index (κ3) is 4.84. The van der Waals surface area contributed by atoms with Gasteiger partial charge in [0.2, 0.25) is 5.91 Å². The summed E-state index contributed by atoms with van der Waals surface area (Å²) in [5.41, 5.74) is 2.37. The van der Waals surface area contributed by atoms with Crippen molar-refractivity contribution in [2.45, 2.75) is 50.7 Å². The first-order chi connectivity index (χ1) is 14.3. The highest BCUT2D eigenvalue weighted by atomic mass is 32.2. The van der Waals surface area contributed by atoms with Crippen LogP contribution in [0.25, 0.3) is 11.3 Å². The molecule has 1 aliphatic heterocycles. The van der Waals surface area contributed by atoms with Crippen LogP contribution in [0.2, 0.25) is 0 Å². The summed E-state index contributed by atoms with van der Waals surface area (Å²) in [4.78, 5) is 28.3. The van der Waals surface area contributed by atoms with Crippen LogP contribution in [0.1, 0.15) is 43.6 Å². The number of carbonyl (C=O) groups excluding carboxylic acids is 1. The Morgan fingerprint density at radius 2 is 2.07 bits per heavy atom. The second-order valence-electron chi connectivity index (χ2n) is 8.26. The van der Waals surface area contributed by atoms with Gasteiger partial charge in [0.05, 0.1) is 35.5 Å². The van der Waals surface area contributed by atoms with Crippen LogP contribution in [0.5, 0.6) is 0 Å². The molecule has 1 saturated heterocycles. The molecule has 0 aromatic carbocycles. The van der Waals surface area contributed by atoms with Crippen molar-refractivity contribution in [2.24, 2.45) is 0 Å². The van der Waals surface area contributed by atoms with Crippen LogP contribution in [-0.4, -0.2) is 64.8 Å². The fourth-order valence-electron chi connectivity index (χ4n) is 3.81. The number of nitrogens with one attached hydrogen (secondary N) is 1. The number of sulfone groups is 1. The minimum absolute atomic E-state index is 0.0921. The van der Waals surface area contributed by atoms with Crippen molar-refractivity contribution in [3.63, 3.8) is 0 Å². The first kappa shape index (κ1) is 20.9. The Hall–Kier alpha value is -2.39. The van der Waals surface area contributed by atoms with Gasteiger partial charge >= 0.3 is 0 Å². The summed E-state index contributed by atoms with van der Waals surface area (Å²) in [6, 6.07) is 5.03. The highest BCUT2D eigenvalue weighted by molar-refractivity contribution is 7.91. The summed E-state index contributed by atoms with van der Waals surface area (Å²) in [5, 5.41) is 3.17. The third-order valence-electron chi connectivity index (χ3n) is 5.62. The molecule has 4 rings (SSSR count). The standard InChI is InChI=1S/C21H27N5O3S/c1-14(24-16-8-10-30(28,29)13-16)21(27)26(2)12-19-17(18-5-3-4-9-22-18)11-23-20(25-19)15-6-7-15/h3-5,9,11,14-16,24H,6-8,10,12-13H2,1-2H3/t14-,16-/m1/s1. The molecule has 2 aliphatic rings.